The standard InChI is InChI=1S/C14H21NO3/c1-10-3-2-4-11(7-10)8-15-9-13-12(14(16)17)5-6-18-13/h5-6,10-11,15H,2-4,7-9H2,1H3,(H,16,17). The van der Waals surface area contributed by atoms with Gasteiger partial charge in [0.25, 0.3) is 0 Å². The molecule has 0 aromatic carbocycles. The van der Waals surface area contributed by atoms with Crippen LogP contribution in [-0.2, 0) is 6.54 Å². The number of carboxylic acid groups (broad SMARTS) is 1. The van der Waals surface area contributed by atoms with Crippen LogP contribution in [0.5, 0.6) is 0 Å². The number of rotatable bonds is 5. The van der Waals surface area contributed by atoms with Crippen LogP contribution in [0.4, 0.5) is 0 Å². The number of carbonyl (C=O) groups is 1. The highest BCUT2D eigenvalue weighted by molar-refractivity contribution is 5.88. The molecule has 0 saturated heterocycles. The molecule has 18 heavy (non-hydrogen) atoms. The monoisotopic (exact) mass is 251 g/mol. The Bertz CT molecular complexity index is 399. The van der Waals surface area contributed by atoms with Gasteiger partial charge >= 0.3 is 5.97 Å². The zero-order valence-corrected chi connectivity index (χ0v) is 10.8. The second-order valence-corrected chi connectivity index (χ2v) is 5.33. The summed E-state index contributed by atoms with van der Waals surface area (Å²) in [6.07, 6.45) is 6.65. The van der Waals surface area contributed by atoms with Crippen LogP contribution in [-0.4, -0.2) is 17.6 Å². The molecule has 1 aliphatic rings. The maximum atomic E-state index is 10.9. The summed E-state index contributed by atoms with van der Waals surface area (Å²) < 4.78 is 5.19. The molecule has 1 saturated carbocycles. The molecule has 4 nitrogen and oxygen atoms in total. The van der Waals surface area contributed by atoms with Crippen molar-refractivity contribution in [1.82, 2.24) is 5.32 Å². The highest BCUT2D eigenvalue weighted by Gasteiger charge is 2.19. The van der Waals surface area contributed by atoms with E-state index in [2.05, 4.69) is 12.2 Å². The summed E-state index contributed by atoms with van der Waals surface area (Å²) in [5.41, 5.74) is 0.263. The maximum absolute atomic E-state index is 10.9. The Kier molecular flexibility index (Phi) is 4.42. The van der Waals surface area contributed by atoms with Gasteiger partial charge in [0.15, 0.2) is 0 Å². The summed E-state index contributed by atoms with van der Waals surface area (Å²) in [4.78, 5) is 10.9. The molecule has 4 heteroatoms. The highest BCUT2D eigenvalue weighted by Crippen LogP contribution is 2.28. The molecule has 2 unspecified atom stereocenters. The summed E-state index contributed by atoms with van der Waals surface area (Å²) in [5, 5.41) is 12.3. The van der Waals surface area contributed by atoms with E-state index in [0.717, 1.165) is 18.4 Å². The smallest absolute Gasteiger partial charge is 0.339 e. The fourth-order valence-corrected chi connectivity index (χ4v) is 2.80. The number of furan rings is 1. The van der Waals surface area contributed by atoms with E-state index in [-0.39, 0.29) is 5.56 Å². The lowest BCUT2D eigenvalue weighted by atomic mass is 9.82. The van der Waals surface area contributed by atoms with Gasteiger partial charge in [0, 0.05) is 0 Å². The topological polar surface area (TPSA) is 62.5 Å². The number of nitrogens with one attached hydrogen (secondary N) is 1. The Morgan fingerprint density at radius 1 is 1.56 bits per heavy atom. The van der Waals surface area contributed by atoms with Crippen LogP contribution in [0, 0.1) is 11.8 Å². The van der Waals surface area contributed by atoms with E-state index in [4.69, 9.17) is 9.52 Å². The lowest BCUT2D eigenvalue weighted by molar-refractivity contribution is 0.0694. The van der Waals surface area contributed by atoms with Crippen molar-refractivity contribution in [2.24, 2.45) is 11.8 Å². The molecule has 1 fully saturated rings. The predicted octanol–water partition coefficient (Wildman–Crippen LogP) is 2.89. The minimum absolute atomic E-state index is 0.263. The van der Waals surface area contributed by atoms with Crippen LogP contribution in [0.3, 0.4) is 0 Å². The van der Waals surface area contributed by atoms with Gasteiger partial charge < -0.3 is 14.8 Å². The van der Waals surface area contributed by atoms with Gasteiger partial charge in [0.1, 0.15) is 11.3 Å². The molecule has 2 N–H and O–H groups in total. The molecule has 1 aromatic rings. The number of hydrogen-bond acceptors (Lipinski definition) is 3. The average molecular weight is 251 g/mol. The van der Waals surface area contributed by atoms with Crippen molar-refractivity contribution in [3.8, 4) is 0 Å². The summed E-state index contributed by atoms with van der Waals surface area (Å²) in [7, 11) is 0. The van der Waals surface area contributed by atoms with Crippen LogP contribution in [0.15, 0.2) is 16.7 Å². The van der Waals surface area contributed by atoms with Gasteiger partial charge in [0.2, 0.25) is 0 Å². The summed E-state index contributed by atoms with van der Waals surface area (Å²) in [5.74, 6) is 1.14. The van der Waals surface area contributed by atoms with Gasteiger partial charge in [-0.05, 0) is 37.3 Å². The number of carboxylic acids is 1. The molecule has 2 atom stereocenters. The van der Waals surface area contributed by atoms with E-state index in [1.54, 1.807) is 0 Å². The SMILES string of the molecule is CC1CCCC(CNCc2occc2C(=O)O)C1. The molecular weight excluding hydrogens is 230 g/mol. The first-order valence-corrected chi connectivity index (χ1v) is 6.67. The Hall–Kier alpha value is -1.29. The minimum Gasteiger partial charge on any atom is -0.478 e. The van der Waals surface area contributed by atoms with Crippen molar-refractivity contribution in [2.45, 2.75) is 39.2 Å². The largest absolute Gasteiger partial charge is 0.478 e. The Balaban J connectivity index is 1.78. The van der Waals surface area contributed by atoms with Gasteiger partial charge in [-0.25, -0.2) is 4.79 Å². The van der Waals surface area contributed by atoms with Gasteiger partial charge in [-0.15, -0.1) is 0 Å². The third kappa shape index (κ3) is 3.35. The van der Waals surface area contributed by atoms with Crippen molar-refractivity contribution < 1.29 is 14.3 Å². The molecule has 1 heterocycles. The molecule has 0 radical (unpaired) electrons. The van der Waals surface area contributed by atoms with Crippen LogP contribution in [0.2, 0.25) is 0 Å². The summed E-state index contributed by atoms with van der Waals surface area (Å²) in [6.45, 7) is 3.75. The van der Waals surface area contributed by atoms with Crippen molar-refractivity contribution in [3.05, 3.63) is 23.7 Å². The van der Waals surface area contributed by atoms with Crippen molar-refractivity contribution >= 4 is 5.97 Å². The summed E-state index contributed by atoms with van der Waals surface area (Å²) >= 11 is 0. The summed E-state index contributed by atoms with van der Waals surface area (Å²) in [6, 6.07) is 1.50. The molecule has 0 aliphatic heterocycles. The Labute approximate surface area is 107 Å². The van der Waals surface area contributed by atoms with Crippen LogP contribution in [0.1, 0.15) is 48.7 Å². The number of aromatic carboxylic acids is 1. The zero-order chi connectivity index (χ0) is 13.0. The second kappa shape index (κ2) is 6.05. The molecule has 1 aromatic heterocycles. The Morgan fingerprint density at radius 2 is 2.39 bits per heavy atom. The van der Waals surface area contributed by atoms with E-state index in [1.165, 1.54) is 38.0 Å². The highest BCUT2D eigenvalue weighted by atomic mass is 16.4. The van der Waals surface area contributed by atoms with E-state index < -0.39 is 5.97 Å². The van der Waals surface area contributed by atoms with E-state index in [0.29, 0.717) is 12.3 Å². The third-order valence-corrected chi connectivity index (χ3v) is 3.74. The lowest BCUT2D eigenvalue weighted by Gasteiger charge is -2.26. The van der Waals surface area contributed by atoms with Crippen molar-refractivity contribution in [2.75, 3.05) is 6.54 Å². The average Bonchev–Trinajstić information content (AvgIpc) is 2.77. The fourth-order valence-electron chi connectivity index (χ4n) is 2.80. The van der Waals surface area contributed by atoms with Crippen molar-refractivity contribution in [1.29, 1.82) is 0 Å². The Morgan fingerprint density at radius 3 is 3.11 bits per heavy atom. The molecule has 0 spiro atoms. The number of hydrogen-bond donors (Lipinski definition) is 2. The maximum Gasteiger partial charge on any atom is 0.339 e. The predicted molar refractivity (Wildman–Crippen MR) is 68.5 cm³/mol. The van der Waals surface area contributed by atoms with Crippen molar-refractivity contribution in [3.63, 3.8) is 0 Å². The first kappa shape index (κ1) is 13.1. The van der Waals surface area contributed by atoms with Gasteiger partial charge in [-0.3, -0.25) is 0 Å². The van der Waals surface area contributed by atoms with E-state index >= 15 is 0 Å². The van der Waals surface area contributed by atoms with E-state index in [9.17, 15) is 4.79 Å². The lowest BCUT2D eigenvalue weighted by Crippen LogP contribution is -2.26. The first-order valence-electron chi connectivity index (χ1n) is 6.67. The zero-order valence-electron chi connectivity index (χ0n) is 10.8. The molecular formula is C14H21NO3. The molecule has 100 valence electrons. The van der Waals surface area contributed by atoms with E-state index in [1.807, 2.05) is 0 Å². The molecule has 1 aliphatic carbocycles. The first-order chi connectivity index (χ1) is 8.66. The molecule has 2 rings (SSSR count). The molecule has 0 amide bonds. The van der Waals surface area contributed by atoms with Gasteiger partial charge in [0.05, 0.1) is 12.8 Å². The quantitative estimate of drug-likeness (QED) is 0.844. The second-order valence-electron chi connectivity index (χ2n) is 5.33. The van der Waals surface area contributed by atoms with Crippen LogP contribution >= 0.6 is 0 Å². The third-order valence-electron chi connectivity index (χ3n) is 3.74. The van der Waals surface area contributed by atoms with Gasteiger partial charge in [-0.1, -0.05) is 19.8 Å². The van der Waals surface area contributed by atoms with Gasteiger partial charge in [-0.2, -0.15) is 0 Å². The van der Waals surface area contributed by atoms with Crippen LogP contribution in [0.25, 0.3) is 0 Å². The minimum atomic E-state index is -0.924. The molecule has 0 bridgehead atoms. The normalized spacial score (nSPS) is 24.1. The fraction of sp³-hybridized carbons (Fsp3) is 0.643. The van der Waals surface area contributed by atoms with Crippen LogP contribution < -0.4 is 5.32 Å².